The van der Waals surface area contributed by atoms with Gasteiger partial charge in [0.15, 0.2) is 6.61 Å². The van der Waals surface area contributed by atoms with Crippen molar-refractivity contribution in [2.75, 3.05) is 39.3 Å². The number of carbonyl (C=O) groups is 1. The molecule has 118 valence electrons. The van der Waals surface area contributed by atoms with E-state index in [-0.39, 0.29) is 12.5 Å². The molecule has 1 fully saturated rings. The molecule has 0 unspecified atom stereocenters. The number of rotatable bonds is 5. The second-order valence-electron chi connectivity index (χ2n) is 5.97. The first-order valence-electron chi connectivity index (χ1n) is 7.72. The first kappa shape index (κ1) is 16.3. The van der Waals surface area contributed by atoms with E-state index in [9.17, 15) is 4.79 Å². The molecule has 1 amide bonds. The summed E-state index contributed by atoms with van der Waals surface area (Å²) >= 11 is 0. The van der Waals surface area contributed by atoms with Crippen molar-refractivity contribution < 1.29 is 9.53 Å². The van der Waals surface area contributed by atoms with Crippen LogP contribution < -0.4 is 4.74 Å². The van der Waals surface area contributed by atoms with E-state index < -0.39 is 0 Å². The summed E-state index contributed by atoms with van der Waals surface area (Å²) < 4.78 is 5.51. The van der Waals surface area contributed by atoms with E-state index in [1.807, 2.05) is 4.90 Å². The number of piperazine rings is 1. The number of carbonyl (C=O) groups excluding carboxylic acids is 1. The molecule has 0 atom stereocenters. The molecular weight excluding hydrogens is 278 g/mol. The SMILES string of the molecule is CC(C)CN1CCN(C(=O)COc2ccccc2C#N)CC1. The van der Waals surface area contributed by atoms with Crippen molar-refractivity contribution >= 4 is 5.91 Å². The summed E-state index contributed by atoms with van der Waals surface area (Å²) in [6, 6.07) is 9.04. The number of hydrogen-bond donors (Lipinski definition) is 0. The molecule has 1 aliphatic heterocycles. The highest BCUT2D eigenvalue weighted by atomic mass is 16.5. The van der Waals surface area contributed by atoms with Crippen molar-refractivity contribution in [3.05, 3.63) is 29.8 Å². The van der Waals surface area contributed by atoms with E-state index in [2.05, 4.69) is 24.8 Å². The van der Waals surface area contributed by atoms with Gasteiger partial charge in [0, 0.05) is 32.7 Å². The third-order valence-electron chi connectivity index (χ3n) is 3.71. The molecule has 1 saturated heterocycles. The lowest BCUT2D eigenvalue weighted by Gasteiger charge is -2.35. The average Bonchev–Trinajstić information content (AvgIpc) is 2.53. The van der Waals surface area contributed by atoms with Crippen LogP contribution in [0.2, 0.25) is 0 Å². The van der Waals surface area contributed by atoms with Gasteiger partial charge in [-0.25, -0.2) is 0 Å². The molecule has 1 aromatic rings. The molecule has 2 rings (SSSR count). The van der Waals surface area contributed by atoms with Gasteiger partial charge in [0.2, 0.25) is 0 Å². The van der Waals surface area contributed by atoms with E-state index in [1.54, 1.807) is 24.3 Å². The summed E-state index contributed by atoms with van der Waals surface area (Å²) in [7, 11) is 0. The fourth-order valence-corrected chi connectivity index (χ4v) is 2.61. The fraction of sp³-hybridized carbons (Fsp3) is 0.529. The molecule has 0 aliphatic carbocycles. The lowest BCUT2D eigenvalue weighted by Crippen LogP contribution is -2.50. The maximum Gasteiger partial charge on any atom is 0.260 e. The summed E-state index contributed by atoms with van der Waals surface area (Å²) in [4.78, 5) is 16.4. The predicted octanol–water partition coefficient (Wildman–Crippen LogP) is 1.74. The molecule has 0 radical (unpaired) electrons. The van der Waals surface area contributed by atoms with Crippen LogP contribution in [0.1, 0.15) is 19.4 Å². The Hall–Kier alpha value is -2.06. The highest BCUT2D eigenvalue weighted by molar-refractivity contribution is 5.78. The molecule has 0 bridgehead atoms. The van der Waals surface area contributed by atoms with Crippen molar-refractivity contribution in [1.82, 2.24) is 9.80 Å². The molecule has 22 heavy (non-hydrogen) atoms. The first-order valence-corrected chi connectivity index (χ1v) is 7.72. The van der Waals surface area contributed by atoms with E-state index in [1.165, 1.54) is 0 Å². The Morgan fingerprint density at radius 3 is 2.59 bits per heavy atom. The monoisotopic (exact) mass is 301 g/mol. The summed E-state index contributed by atoms with van der Waals surface area (Å²) in [6.07, 6.45) is 0. The van der Waals surface area contributed by atoms with Gasteiger partial charge in [0.25, 0.3) is 5.91 Å². The molecule has 1 heterocycles. The summed E-state index contributed by atoms with van der Waals surface area (Å²) in [5.41, 5.74) is 0.456. The van der Waals surface area contributed by atoms with E-state index in [0.29, 0.717) is 17.2 Å². The zero-order valence-corrected chi connectivity index (χ0v) is 13.3. The number of hydrogen-bond acceptors (Lipinski definition) is 4. The van der Waals surface area contributed by atoms with Gasteiger partial charge in [0.05, 0.1) is 5.56 Å². The Morgan fingerprint density at radius 2 is 1.95 bits per heavy atom. The van der Waals surface area contributed by atoms with Crippen LogP contribution in [-0.2, 0) is 4.79 Å². The van der Waals surface area contributed by atoms with E-state index in [4.69, 9.17) is 10.00 Å². The van der Waals surface area contributed by atoms with Crippen LogP contribution in [0, 0.1) is 17.2 Å². The molecule has 0 saturated carbocycles. The highest BCUT2D eigenvalue weighted by Crippen LogP contribution is 2.16. The average molecular weight is 301 g/mol. The Balaban J connectivity index is 1.80. The summed E-state index contributed by atoms with van der Waals surface area (Å²) in [5, 5.41) is 9.00. The molecule has 0 aromatic heterocycles. The maximum atomic E-state index is 12.2. The molecule has 0 N–H and O–H groups in total. The third-order valence-corrected chi connectivity index (χ3v) is 3.71. The third kappa shape index (κ3) is 4.47. The number of nitriles is 1. The summed E-state index contributed by atoms with van der Waals surface area (Å²) in [6.45, 7) is 8.80. The normalized spacial score (nSPS) is 15.6. The van der Waals surface area contributed by atoms with Crippen molar-refractivity contribution in [2.45, 2.75) is 13.8 Å². The first-order chi connectivity index (χ1) is 10.6. The molecular formula is C17H23N3O2. The minimum Gasteiger partial charge on any atom is -0.482 e. The topological polar surface area (TPSA) is 56.6 Å². The molecule has 1 aliphatic rings. The van der Waals surface area contributed by atoms with Gasteiger partial charge in [-0.15, -0.1) is 0 Å². The number of para-hydroxylation sites is 1. The van der Waals surface area contributed by atoms with Crippen LogP contribution in [0.3, 0.4) is 0 Å². The lowest BCUT2D eigenvalue weighted by molar-refractivity contribution is -0.135. The van der Waals surface area contributed by atoms with Crippen LogP contribution in [0.15, 0.2) is 24.3 Å². The van der Waals surface area contributed by atoms with Crippen molar-refractivity contribution in [3.63, 3.8) is 0 Å². The van der Waals surface area contributed by atoms with Gasteiger partial charge in [-0.1, -0.05) is 26.0 Å². The van der Waals surface area contributed by atoms with Crippen LogP contribution >= 0.6 is 0 Å². The van der Waals surface area contributed by atoms with Crippen LogP contribution in [0.4, 0.5) is 0 Å². The van der Waals surface area contributed by atoms with Gasteiger partial charge in [-0.05, 0) is 18.1 Å². The van der Waals surface area contributed by atoms with Gasteiger partial charge in [-0.3, -0.25) is 9.69 Å². The summed E-state index contributed by atoms with van der Waals surface area (Å²) in [5.74, 6) is 1.10. The van der Waals surface area contributed by atoms with Crippen molar-refractivity contribution in [1.29, 1.82) is 5.26 Å². The van der Waals surface area contributed by atoms with Crippen LogP contribution in [-0.4, -0.2) is 55.0 Å². The second kappa shape index (κ2) is 7.81. The molecule has 5 nitrogen and oxygen atoms in total. The quantitative estimate of drug-likeness (QED) is 0.831. The zero-order chi connectivity index (χ0) is 15.9. The molecule has 1 aromatic carbocycles. The Bertz CT molecular complexity index is 543. The van der Waals surface area contributed by atoms with Gasteiger partial charge < -0.3 is 9.64 Å². The Morgan fingerprint density at radius 1 is 1.27 bits per heavy atom. The van der Waals surface area contributed by atoms with Crippen LogP contribution in [0.5, 0.6) is 5.75 Å². The van der Waals surface area contributed by atoms with Gasteiger partial charge in [0.1, 0.15) is 11.8 Å². The van der Waals surface area contributed by atoms with E-state index >= 15 is 0 Å². The Kier molecular flexibility index (Phi) is 5.79. The molecule has 5 heteroatoms. The minimum absolute atomic E-state index is 0.0110. The van der Waals surface area contributed by atoms with Gasteiger partial charge in [-0.2, -0.15) is 5.26 Å². The number of nitrogens with zero attached hydrogens (tertiary/aromatic N) is 3. The standard InChI is InChI=1S/C17H23N3O2/c1-14(2)12-19-7-9-20(10-8-19)17(21)13-22-16-6-4-3-5-15(16)11-18/h3-6,14H,7-10,12-13H2,1-2H3. The smallest absolute Gasteiger partial charge is 0.260 e. The molecule has 0 spiro atoms. The maximum absolute atomic E-state index is 12.2. The minimum atomic E-state index is -0.0167. The van der Waals surface area contributed by atoms with Crippen LogP contribution in [0.25, 0.3) is 0 Å². The second-order valence-corrected chi connectivity index (χ2v) is 5.97. The van der Waals surface area contributed by atoms with Crippen molar-refractivity contribution in [3.8, 4) is 11.8 Å². The van der Waals surface area contributed by atoms with E-state index in [0.717, 1.165) is 32.7 Å². The number of benzene rings is 1. The largest absolute Gasteiger partial charge is 0.482 e. The highest BCUT2D eigenvalue weighted by Gasteiger charge is 2.21. The number of ether oxygens (including phenoxy) is 1. The Labute approximate surface area is 132 Å². The fourth-order valence-electron chi connectivity index (χ4n) is 2.61. The predicted molar refractivity (Wildman–Crippen MR) is 84.5 cm³/mol. The zero-order valence-electron chi connectivity index (χ0n) is 13.3. The van der Waals surface area contributed by atoms with Crippen molar-refractivity contribution in [2.24, 2.45) is 5.92 Å². The number of amides is 1. The van der Waals surface area contributed by atoms with Gasteiger partial charge >= 0.3 is 0 Å². The lowest BCUT2D eigenvalue weighted by atomic mass is 10.2.